The number of aromatic nitrogens is 1. The van der Waals surface area contributed by atoms with Crippen LogP contribution in [0.3, 0.4) is 0 Å². The molecule has 14 nitrogen and oxygen atoms in total. The quantitative estimate of drug-likeness (QED) is 0.122. The molecule has 14 heteroatoms. The number of carbonyl (C=O) groups excluding carboxylic acids is 4. The van der Waals surface area contributed by atoms with E-state index in [2.05, 4.69) is 39.9 Å². The number of hydrogen-bond acceptors (Lipinski definition) is 12. The molecule has 10 atom stereocenters. The zero-order valence-corrected chi connectivity index (χ0v) is 36.9. The third kappa shape index (κ3) is 5.54. The number of aryl methyl sites for hydroxylation is 1. The molecule has 3 fully saturated rings. The predicted octanol–water partition coefficient (Wildman–Crippen LogP) is 4.08. The Bertz CT molecular complexity index is 2380. The SMILES string of the molecule is CCc1ccc2[nH]c3c(c2c1)CCN1C[C@H](C[C@@](O)(CC)C1)C[C@]3(C(=O)OC)c1cc2c(cc1OC)N(C=O)C1[C@]23CCN2CC=C[C@@](CC)([C@@H](OC(C)=O)[C@]1(O)C(=O)OC)[C@H]23. The Morgan fingerprint density at radius 1 is 0.952 bits per heavy atom. The highest BCUT2D eigenvalue weighted by molar-refractivity contribution is 5.96. The number of nitrogens with zero attached hydrogens (tertiary/aromatic N) is 3. The highest BCUT2D eigenvalue weighted by atomic mass is 16.6. The Balaban J connectivity index is 1.38. The van der Waals surface area contributed by atoms with Crippen LogP contribution in [0.2, 0.25) is 0 Å². The van der Waals surface area contributed by atoms with Crippen LogP contribution in [-0.4, -0.2) is 133 Å². The van der Waals surface area contributed by atoms with Gasteiger partial charge in [0.2, 0.25) is 12.0 Å². The molecule has 2 unspecified atom stereocenters. The Morgan fingerprint density at radius 2 is 1.73 bits per heavy atom. The van der Waals surface area contributed by atoms with E-state index in [0.717, 1.165) is 28.5 Å². The van der Waals surface area contributed by atoms with Gasteiger partial charge in [-0.1, -0.05) is 39.0 Å². The zero-order chi connectivity index (χ0) is 44.1. The minimum Gasteiger partial charge on any atom is -0.496 e. The Hall–Kier alpha value is -4.76. The number of hydrogen-bond donors (Lipinski definition) is 3. The third-order valence-corrected chi connectivity index (χ3v) is 16.1. The smallest absolute Gasteiger partial charge is 0.344 e. The molecule has 3 aromatic rings. The number of ether oxygens (including phenoxy) is 4. The number of piperidine rings is 1. The number of benzene rings is 2. The monoisotopic (exact) mass is 852 g/mol. The average Bonchev–Trinajstić information content (AvgIpc) is 3.95. The van der Waals surface area contributed by atoms with Gasteiger partial charge in [-0.3, -0.25) is 24.2 Å². The molecular formula is C48H60N4O10. The number of fused-ring (bicyclic) bond motifs is 6. The first-order valence-electron chi connectivity index (χ1n) is 22.2. The third-order valence-electron chi connectivity index (χ3n) is 16.1. The second-order valence-corrected chi connectivity index (χ2v) is 18.8. The van der Waals surface area contributed by atoms with E-state index in [4.69, 9.17) is 18.9 Å². The van der Waals surface area contributed by atoms with Crippen molar-refractivity contribution in [1.29, 1.82) is 0 Å². The fourth-order valence-corrected chi connectivity index (χ4v) is 13.7. The van der Waals surface area contributed by atoms with Gasteiger partial charge in [-0.15, -0.1) is 0 Å². The number of nitrogens with one attached hydrogen (secondary N) is 1. The zero-order valence-electron chi connectivity index (χ0n) is 36.9. The number of anilines is 1. The van der Waals surface area contributed by atoms with E-state index in [-0.39, 0.29) is 12.3 Å². The lowest BCUT2D eigenvalue weighted by Crippen LogP contribution is -2.81. The highest BCUT2D eigenvalue weighted by Crippen LogP contribution is 2.68. The van der Waals surface area contributed by atoms with Crippen molar-refractivity contribution >= 4 is 40.9 Å². The standard InChI is InChI=1S/C48H60N4O10/c1-8-29-12-13-35-32(20-29)31-14-18-50-25-30(23-44(57,9-2)26-50)24-47(38(31)49-35,42(55)60-6)34-21-33-36(22-37(34)59-5)52(27-53)40-46(33)16-19-51-17-11-15-45(10-3,39(46)51)41(62-28(4)54)48(40,58)43(56)61-7/h11-13,15,20-22,27,30,39-41,49,57-58H,8-10,14,16-19,23-26H2,1-7H3/t30-,39+,40?,41-,44+,45-,46-,47+,48+/m1/s1. The van der Waals surface area contributed by atoms with Crippen molar-refractivity contribution in [3.8, 4) is 5.75 Å². The van der Waals surface area contributed by atoms with Crippen LogP contribution >= 0.6 is 0 Å². The van der Waals surface area contributed by atoms with Crippen molar-refractivity contribution < 1.29 is 48.3 Å². The first kappa shape index (κ1) is 42.5. The molecule has 1 aliphatic carbocycles. The number of H-pyrrole nitrogens is 1. The normalized spacial score (nSPS) is 35.7. The molecule has 5 aliphatic heterocycles. The van der Waals surface area contributed by atoms with E-state index < -0.39 is 63.5 Å². The van der Waals surface area contributed by atoms with Gasteiger partial charge in [-0.25, -0.2) is 4.79 Å². The maximum Gasteiger partial charge on any atom is 0.344 e. The molecule has 3 N–H and O–H groups in total. The molecule has 332 valence electrons. The lowest BCUT2D eigenvalue weighted by atomic mass is 9.47. The summed E-state index contributed by atoms with van der Waals surface area (Å²) in [4.78, 5) is 66.5. The molecule has 6 heterocycles. The summed E-state index contributed by atoms with van der Waals surface area (Å²) in [5.41, 5.74) is -1.96. The fourth-order valence-electron chi connectivity index (χ4n) is 13.7. The number of carbonyl (C=O) groups is 4. The van der Waals surface area contributed by atoms with E-state index in [1.165, 1.54) is 33.2 Å². The Labute approximate surface area is 362 Å². The van der Waals surface area contributed by atoms with Crippen molar-refractivity contribution in [3.63, 3.8) is 0 Å². The highest BCUT2D eigenvalue weighted by Gasteiger charge is 2.81. The molecule has 62 heavy (non-hydrogen) atoms. The summed E-state index contributed by atoms with van der Waals surface area (Å²) in [7, 11) is 4.11. The topological polar surface area (TPSA) is 171 Å². The van der Waals surface area contributed by atoms with Crippen molar-refractivity contribution in [2.24, 2.45) is 11.3 Å². The minimum atomic E-state index is -2.53. The van der Waals surface area contributed by atoms with Gasteiger partial charge in [0.25, 0.3) is 0 Å². The van der Waals surface area contributed by atoms with Crippen LogP contribution in [0.25, 0.3) is 10.9 Å². The lowest BCUT2D eigenvalue weighted by Gasteiger charge is -2.63. The minimum absolute atomic E-state index is 0.159. The van der Waals surface area contributed by atoms with E-state index in [1.54, 1.807) is 6.07 Å². The van der Waals surface area contributed by atoms with Crippen LogP contribution in [0.5, 0.6) is 5.75 Å². The predicted molar refractivity (Wildman–Crippen MR) is 230 cm³/mol. The molecule has 1 aromatic heterocycles. The van der Waals surface area contributed by atoms with E-state index in [9.17, 15) is 24.6 Å². The molecule has 0 radical (unpaired) electrons. The Morgan fingerprint density at radius 3 is 2.39 bits per heavy atom. The van der Waals surface area contributed by atoms with E-state index >= 15 is 4.79 Å². The van der Waals surface area contributed by atoms with Crippen LogP contribution in [0, 0.1) is 11.3 Å². The van der Waals surface area contributed by atoms with Crippen molar-refractivity contribution in [2.45, 2.75) is 113 Å². The summed E-state index contributed by atoms with van der Waals surface area (Å²) in [6.45, 7) is 10.3. The van der Waals surface area contributed by atoms with Crippen molar-refractivity contribution in [3.05, 3.63) is 70.4 Å². The molecule has 1 amide bonds. The second-order valence-electron chi connectivity index (χ2n) is 18.8. The van der Waals surface area contributed by atoms with Crippen molar-refractivity contribution in [2.75, 3.05) is 59.0 Å². The molecule has 6 aliphatic rings. The number of aliphatic hydroxyl groups is 2. The van der Waals surface area contributed by atoms with Crippen LogP contribution in [0.15, 0.2) is 42.5 Å². The molecule has 1 spiro atoms. The summed E-state index contributed by atoms with van der Waals surface area (Å²) < 4.78 is 23.8. The number of aromatic amines is 1. The van der Waals surface area contributed by atoms with Gasteiger partial charge in [-0.2, -0.15) is 0 Å². The molecule has 2 bridgehead atoms. The van der Waals surface area contributed by atoms with Crippen LogP contribution in [-0.2, 0) is 57.1 Å². The molecule has 2 aromatic carbocycles. The number of rotatable bonds is 9. The number of amides is 1. The first-order valence-corrected chi connectivity index (χ1v) is 22.2. The average molecular weight is 853 g/mol. The second kappa shape index (κ2) is 14.9. The van der Waals surface area contributed by atoms with Crippen molar-refractivity contribution in [1.82, 2.24) is 14.8 Å². The summed E-state index contributed by atoms with van der Waals surface area (Å²) in [6.07, 6.45) is 6.68. The van der Waals surface area contributed by atoms with Gasteiger partial charge >= 0.3 is 17.9 Å². The fraction of sp³-hybridized carbons (Fsp3) is 0.583. The van der Waals surface area contributed by atoms with Gasteiger partial charge in [0.1, 0.15) is 11.2 Å². The van der Waals surface area contributed by atoms with Crippen LogP contribution < -0.4 is 9.64 Å². The van der Waals surface area contributed by atoms with Gasteiger partial charge in [0, 0.05) is 78.2 Å². The van der Waals surface area contributed by atoms with E-state index in [0.29, 0.717) is 99.5 Å². The summed E-state index contributed by atoms with van der Waals surface area (Å²) in [5.74, 6) is -2.06. The van der Waals surface area contributed by atoms with Gasteiger partial charge in [0.05, 0.1) is 38.7 Å². The largest absolute Gasteiger partial charge is 0.496 e. The Kier molecular flexibility index (Phi) is 10.2. The summed E-state index contributed by atoms with van der Waals surface area (Å²) in [6, 6.07) is 8.35. The van der Waals surface area contributed by atoms with Crippen LogP contribution in [0.4, 0.5) is 5.69 Å². The number of esters is 3. The summed E-state index contributed by atoms with van der Waals surface area (Å²) in [5, 5.41) is 26.4. The summed E-state index contributed by atoms with van der Waals surface area (Å²) >= 11 is 0. The molecule has 9 rings (SSSR count). The maximum atomic E-state index is 15.4. The van der Waals surface area contributed by atoms with Gasteiger partial charge < -0.3 is 39.0 Å². The first-order chi connectivity index (χ1) is 29.7. The molecule has 2 saturated heterocycles. The van der Waals surface area contributed by atoms with Gasteiger partial charge in [-0.05, 0) is 92.3 Å². The maximum absolute atomic E-state index is 15.4. The molecular weight excluding hydrogens is 793 g/mol. The van der Waals surface area contributed by atoms with Gasteiger partial charge in [0.15, 0.2) is 6.10 Å². The lowest BCUT2D eigenvalue weighted by molar-refractivity contribution is -0.228. The molecule has 1 saturated carbocycles. The van der Waals surface area contributed by atoms with E-state index in [1.807, 2.05) is 32.1 Å². The van der Waals surface area contributed by atoms with Crippen LogP contribution in [0.1, 0.15) is 87.7 Å². The number of methoxy groups -OCH3 is 3.